The largest absolute Gasteiger partial charge is 0.369 e. The molecule has 0 saturated heterocycles. The molecule has 0 saturated carbocycles. The monoisotopic (exact) mass is 388 g/mol. The molecule has 27 heavy (non-hydrogen) atoms. The van der Waals surface area contributed by atoms with Crippen LogP contribution >= 0.6 is 0 Å². The Morgan fingerprint density at radius 2 is 2.04 bits per heavy atom. The van der Waals surface area contributed by atoms with E-state index in [0.29, 0.717) is 11.3 Å². The van der Waals surface area contributed by atoms with E-state index in [9.17, 15) is 13.2 Å². The predicted octanol–water partition coefficient (Wildman–Crippen LogP) is 0.842. The number of amides is 1. The number of nitrogens with one attached hydrogen (secondary N) is 1. The Hall–Kier alpha value is -3.01. The van der Waals surface area contributed by atoms with E-state index in [1.807, 2.05) is 6.92 Å². The van der Waals surface area contributed by atoms with Gasteiger partial charge in [0.2, 0.25) is 16.0 Å². The Balaban J connectivity index is 1.89. The number of aryl methyl sites for hydroxylation is 1. The molecule has 3 N–H and O–H groups in total. The lowest BCUT2D eigenvalue weighted by atomic mass is 9.96. The standard InChI is InChI=1S/C17H20N6O3S/c1-11-4-5-14(20-7-11)15(24)21-13-6-12(8-19-9-13)17(2)10-27(25,26)23(3)16(18)22-17/h4-9H,10H2,1-3H3,(H2,18,22)(H,21,24)/t17-/m0/s1. The molecule has 1 aliphatic heterocycles. The fourth-order valence-electron chi connectivity index (χ4n) is 2.70. The van der Waals surface area contributed by atoms with E-state index in [2.05, 4.69) is 20.3 Å². The number of pyridine rings is 2. The van der Waals surface area contributed by atoms with Crippen molar-refractivity contribution in [2.75, 3.05) is 18.1 Å². The summed E-state index contributed by atoms with van der Waals surface area (Å²) in [5, 5.41) is 2.71. The molecular weight excluding hydrogens is 368 g/mol. The Kier molecular flexibility index (Phi) is 4.60. The summed E-state index contributed by atoms with van der Waals surface area (Å²) < 4.78 is 25.6. The van der Waals surface area contributed by atoms with Gasteiger partial charge in [-0.15, -0.1) is 0 Å². The molecule has 0 bridgehead atoms. The second-order valence-corrected chi connectivity index (χ2v) is 8.61. The van der Waals surface area contributed by atoms with Crippen LogP contribution in [-0.2, 0) is 15.6 Å². The van der Waals surface area contributed by atoms with E-state index < -0.39 is 21.5 Å². The molecule has 1 amide bonds. The summed E-state index contributed by atoms with van der Waals surface area (Å²) in [6.45, 7) is 3.54. The SMILES string of the molecule is Cc1ccc(C(=O)Nc2cncc([C@]3(C)CS(=O)(=O)N(C)C(N)=N3)c2)nc1. The number of hydrogen-bond acceptors (Lipinski definition) is 7. The molecule has 0 unspecified atom stereocenters. The molecule has 0 fully saturated rings. The molecule has 2 aromatic heterocycles. The van der Waals surface area contributed by atoms with Crippen molar-refractivity contribution < 1.29 is 13.2 Å². The minimum Gasteiger partial charge on any atom is -0.369 e. The van der Waals surface area contributed by atoms with E-state index in [1.54, 1.807) is 31.3 Å². The Bertz CT molecular complexity index is 1020. The molecule has 0 radical (unpaired) electrons. The second-order valence-electron chi connectivity index (χ2n) is 6.60. The molecule has 0 spiro atoms. The highest BCUT2D eigenvalue weighted by Crippen LogP contribution is 2.32. The first-order valence-electron chi connectivity index (χ1n) is 8.12. The number of anilines is 1. The molecule has 2 aromatic rings. The zero-order chi connectivity index (χ0) is 19.8. The van der Waals surface area contributed by atoms with Crippen molar-refractivity contribution in [2.45, 2.75) is 19.4 Å². The molecule has 0 aromatic carbocycles. The summed E-state index contributed by atoms with van der Waals surface area (Å²) in [5.74, 6) is -0.740. The average Bonchev–Trinajstić information content (AvgIpc) is 2.60. The lowest BCUT2D eigenvalue weighted by Crippen LogP contribution is -2.50. The lowest BCUT2D eigenvalue weighted by Gasteiger charge is -2.34. The van der Waals surface area contributed by atoms with Crippen LogP contribution in [0.25, 0.3) is 0 Å². The first kappa shape index (κ1) is 18.8. The summed E-state index contributed by atoms with van der Waals surface area (Å²) >= 11 is 0. The van der Waals surface area contributed by atoms with Gasteiger partial charge in [0.1, 0.15) is 11.2 Å². The maximum atomic E-state index is 12.3. The highest BCUT2D eigenvalue weighted by molar-refractivity contribution is 7.89. The van der Waals surface area contributed by atoms with Crippen molar-refractivity contribution in [1.29, 1.82) is 0 Å². The van der Waals surface area contributed by atoms with Crippen molar-refractivity contribution in [3.05, 3.63) is 53.6 Å². The third kappa shape index (κ3) is 3.75. The van der Waals surface area contributed by atoms with Crippen LogP contribution in [0.3, 0.4) is 0 Å². The van der Waals surface area contributed by atoms with Gasteiger partial charge < -0.3 is 11.1 Å². The van der Waals surface area contributed by atoms with Gasteiger partial charge in [-0.2, -0.15) is 0 Å². The van der Waals surface area contributed by atoms with Crippen molar-refractivity contribution in [1.82, 2.24) is 14.3 Å². The summed E-state index contributed by atoms with van der Waals surface area (Å²) in [6, 6.07) is 5.05. The van der Waals surface area contributed by atoms with E-state index >= 15 is 0 Å². The molecule has 10 heteroatoms. The third-order valence-corrected chi connectivity index (χ3v) is 6.28. The highest BCUT2D eigenvalue weighted by atomic mass is 32.2. The number of carbonyl (C=O) groups excluding carboxylic acids is 1. The number of nitrogens with two attached hydrogens (primary N) is 1. The molecule has 1 aliphatic rings. The molecular formula is C17H20N6O3S. The fourth-order valence-corrected chi connectivity index (χ4v) is 4.16. The number of carbonyl (C=O) groups is 1. The average molecular weight is 388 g/mol. The molecule has 142 valence electrons. The summed E-state index contributed by atoms with van der Waals surface area (Å²) in [7, 11) is -2.24. The van der Waals surface area contributed by atoms with Crippen LogP contribution in [-0.4, -0.2) is 47.4 Å². The minimum absolute atomic E-state index is 0.0953. The zero-order valence-electron chi connectivity index (χ0n) is 15.2. The van der Waals surface area contributed by atoms with Crippen LogP contribution in [0.15, 0.2) is 41.8 Å². The van der Waals surface area contributed by atoms with Gasteiger partial charge in [0.15, 0.2) is 0 Å². The maximum Gasteiger partial charge on any atom is 0.274 e. The number of rotatable bonds is 3. The first-order valence-corrected chi connectivity index (χ1v) is 9.73. The van der Waals surface area contributed by atoms with Crippen molar-refractivity contribution >= 4 is 27.6 Å². The van der Waals surface area contributed by atoms with Gasteiger partial charge in [0, 0.05) is 25.0 Å². The highest BCUT2D eigenvalue weighted by Gasteiger charge is 2.40. The smallest absolute Gasteiger partial charge is 0.274 e. The second kappa shape index (κ2) is 6.62. The summed E-state index contributed by atoms with van der Waals surface area (Å²) in [4.78, 5) is 24.9. The van der Waals surface area contributed by atoms with Gasteiger partial charge in [-0.1, -0.05) is 6.07 Å². The molecule has 0 aliphatic carbocycles. The zero-order valence-corrected chi connectivity index (χ0v) is 16.0. The van der Waals surface area contributed by atoms with Crippen molar-refractivity contribution in [3.63, 3.8) is 0 Å². The topological polar surface area (TPSA) is 131 Å². The number of nitrogens with zero attached hydrogens (tertiary/aromatic N) is 4. The maximum absolute atomic E-state index is 12.3. The van der Waals surface area contributed by atoms with E-state index in [0.717, 1.165) is 9.87 Å². The van der Waals surface area contributed by atoms with Crippen molar-refractivity contribution in [3.8, 4) is 0 Å². The molecule has 3 heterocycles. The quantitative estimate of drug-likeness (QED) is 0.801. The van der Waals surface area contributed by atoms with Crippen LogP contribution in [0.4, 0.5) is 5.69 Å². The van der Waals surface area contributed by atoms with Crippen LogP contribution in [0, 0.1) is 6.92 Å². The third-order valence-electron chi connectivity index (χ3n) is 4.33. The minimum atomic E-state index is -3.60. The molecule has 9 nitrogen and oxygen atoms in total. The first-order chi connectivity index (χ1) is 12.6. The van der Waals surface area contributed by atoms with Gasteiger partial charge in [-0.25, -0.2) is 17.7 Å². The van der Waals surface area contributed by atoms with Crippen LogP contribution in [0.5, 0.6) is 0 Å². The van der Waals surface area contributed by atoms with Crippen LogP contribution in [0.2, 0.25) is 0 Å². The molecule has 1 atom stereocenters. The Morgan fingerprint density at radius 1 is 1.30 bits per heavy atom. The Morgan fingerprint density at radius 3 is 2.67 bits per heavy atom. The number of aliphatic imine (C=N–C) groups is 1. The normalized spacial score (nSPS) is 21.4. The summed E-state index contributed by atoms with van der Waals surface area (Å²) in [6.07, 6.45) is 4.58. The number of hydrogen-bond donors (Lipinski definition) is 2. The number of aromatic nitrogens is 2. The van der Waals surface area contributed by atoms with Crippen LogP contribution < -0.4 is 11.1 Å². The van der Waals surface area contributed by atoms with Gasteiger partial charge >= 0.3 is 0 Å². The van der Waals surface area contributed by atoms with Gasteiger partial charge in [0.05, 0.1) is 17.6 Å². The molecule has 3 rings (SSSR count). The Labute approximate surface area is 157 Å². The lowest BCUT2D eigenvalue weighted by molar-refractivity contribution is 0.102. The van der Waals surface area contributed by atoms with Gasteiger partial charge in [-0.05, 0) is 31.5 Å². The van der Waals surface area contributed by atoms with Crippen molar-refractivity contribution in [2.24, 2.45) is 10.7 Å². The van der Waals surface area contributed by atoms with E-state index in [4.69, 9.17) is 5.73 Å². The number of guanidine groups is 1. The van der Waals surface area contributed by atoms with E-state index in [-0.39, 0.29) is 17.4 Å². The number of sulfonamides is 1. The van der Waals surface area contributed by atoms with Crippen LogP contribution in [0.1, 0.15) is 28.5 Å². The van der Waals surface area contributed by atoms with Gasteiger partial charge in [-0.3, -0.25) is 14.8 Å². The predicted molar refractivity (Wildman–Crippen MR) is 102 cm³/mol. The van der Waals surface area contributed by atoms with E-state index in [1.165, 1.54) is 19.4 Å². The summed E-state index contributed by atoms with van der Waals surface area (Å²) in [5.41, 5.74) is 6.81. The fraction of sp³-hybridized carbons (Fsp3) is 0.294. The van der Waals surface area contributed by atoms with Gasteiger partial charge in [0.25, 0.3) is 5.91 Å².